The van der Waals surface area contributed by atoms with E-state index in [0.717, 1.165) is 5.17 Å². The van der Waals surface area contributed by atoms with Crippen molar-refractivity contribution in [3.8, 4) is 0 Å². The lowest BCUT2D eigenvalue weighted by atomic mass is 10.3. The van der Waals surface area contributed by atoms with E-state index in [9.17, 15) is 4.79 Å². The van der Waals surface area contributed by atoms with E-state index < -0.39 is 0 Å². The molecule has 0 aromatic heterocycles. The Bertz CT molecular complexity index is 285. The van der Waals surface area contributed by atoms with Crippen molar-refractivity contribution in [3.63, 3.8) is 0 Å². The van der Waals surface area contributed by atoms with Crippen LogP contribution in [0.3, 0.4) is 0 Å². The smallest absolute Gasteiger partial charge is 0.200 e. The fourth-order valence-electron chi connectivity index (χ4n) is 1.15. The first-order valence-electron chi connectivity index (χ1n) is 3.40. The molecule has 2 rings (SSSR count). The number of carbonyl (C=O) groups is 1. The number of hydrazine groups is 2. The van der Waals surface area contributed by atoms with Gasteiger partial charge in [-0.2, -0.15) is 0 Å². The molecule has 2 heterocycles. The lowest BCUT2D eigenvalue weighted by Crippen LogP contribution is -2.33. The molecule has 0 amide bonds. The molecule has 12 heavy (non-hydrogen) atoms. The van der Waals surface area contributed by atoms with Crippen LogP contribution in [0.2, 0.25) is 0 Å². The summed E-state index contributed by atoms with van der Waals surface area (Å²) in [6.07, 6.45) is 4.50. The van der Waals surface area contributed by atoms with Gasteiger partial charge in [0.2, 0.25) is 5.78 Å². The van der Waals surface area contributed by atoms with Crippen LogP contribution in [0.1, 0.15) is 0 Å². The van der Waals surface area contributed by atoms with Crippen LogP contribution < -0.4 is 5.84 Å². The van der Waals surface area contributed by atoms with Crippen molar-refractivity contribution in [1.29, 1.82) is 0 Å². The highest BCUT2D eigenvalue weighted by Gasteiger charge is 2.32. The number of rotatable bonds is 0. The molecule has 1 fully saturated rings. The zero-order valence-electron chi connectivity index (χ0n) is 6.21. The van der Waals surface area contributed by atoms with Gasteiger partial charge in [0.15, 0.2) is 0 Å². The van der Waals surface area contributed by atoms with Gasteiger partial charge in [0.1, 0.15) is 12.2 Å². The third kappa shape index (κ3) is 0.900. The van der Waals surface area contributed by atoms with Gasteiger partial charge in [-0.15, -0.1) is 0 Å². The predicted octanol–water partition coefficient (Wildman–Crippen LogP) is -1.02. The summed E-state index contributed by atoms with van der Waals surface area (Å²) in [4.78, 5) is 11.1. The van der Waals surface area contributed by atoms with Crippen molar-refractivity contribution >= 4 is 5.78 Å². The van der Waals surface area contributed by atoms with Crippen molar-refractivity contribution in [3.05, 3.63) is 24.3 Å². The number of Topliss-reactive ketones (excluding diaryl/α,β-unsaturated/α-hetero) is 1. The minimum atomic E-state index is -0.155. The highest BCUT2D eigenvalue weighted by molar-refractivity contribution is 5.98. The Morgan fingerprint density at radius 1 is 1.50 bits per heavy atom. The molecule has 0 radical (unpaired) electrons. The summed E-state index contributed by atoms with van der Waals surface area (Å²) in [5, 5.41) is 12.6. The van der Waals surface area contributed by atoms with Gasteiger partial charge in [0, 0.05) is 18.6 Å². The summed E-state index contributed by atoms with van der Waals surface area (Å²) >= 11 is 0. The highest BCUT2D eigenvalue weighted by Crippen LogP contribution is 2.20. The molecule has 2 aliphatic rings. The zero-order valence-corrected chi connectivity index (χ0v) is 6.21. The highest BCUT2D eigenvalue weighted by atomic mass is 16.6. The lowest BCUT2D eigenvalue weighted by Gasteiger charge is -2.24. The van der Waals surface area contributed by atoms with Crippen LogP contribution in [0.5, 0.6) is 0 Å². The molecule has 0 bridgehead atoms. The number of ketones is 1. The van der Waals surface area contributed by atoms with E-state index in [-0.39, 0.29) is 12.3 Å². The van der Waals surface area contributed by atoms with Gasteiger partial charge in [0.05, 0.1) is 0 Å². The normalized spacial score (nSPS) is 23.2. The molecule has 2 aliphatic heterocycles. The Labute approximate surface area is 68.6 Å². The van der Waals surface area contributed by atoms with Gasteiger partial charge in [-0.25, -0.2) is 5.84 Å². The van der Waals surface area contributed by atoms with Crippen LogP contribution in [0.15, 0.2) is 24.3 Å². The van der Waals surface area contributed by atoms with Gasteiger partial charge in [-0.05, 0) is 0 Å². The van der Waals surface area contributed by atoms with Crippen LogP contribution in [-0.2, 0) is 4.79 Å². The second-order valence-corrected chi connectivity index (χ2v) is 2.56. The van der Waals surface area contributed by atoms with E-state index in [1.165, 1.54) is 28.6 Å². The van der Waals surface area contributed by atoms with Crippen LogP contribution in [0, 0.1) is 0 Å². The Balaban J connectivity index is 2.34. The van der Waals surface area contributed by atoms with E-state index in [1.807, 2.05) is 0 Å². The SMILES string of the molecule is NN1C=CN2C(=C1)C(=O)CN2O. The predicted molar refractivity (Wildman–Crippen MR) is 38.6 cm³/mol. The quantitative estimate of drug-likeness (QED) is 0.451. The molecule has 64 valence electrons. The lowest BCUT2D eigenvalue weighted by molar-refractivity contribution is -0.187. The van der Waals surface area contributed by atoms with Crippen molar-refractivity contribution in [1.82, 2.24) is 15.2 Å². The van der Waals surface area contributed by atoms with Crippen molar-refractivity contribution in [2.24, 2.45) is 5.84 Å². The van der Waals surface area contributed by atoms with Crippen LogP contribution in [0.25, 0.3) is 0 Å². The van der Waals surface area contributed by atoms with Gasteiger partial charge < -0.3 is 0 Å². The molecule has 0 atom stereocenters. The Morgan fingerprint density at radius 2 is 2.25 bits per heavy atom. The first-order chi connectivity index (χ1) is 5.68. The summed E-state index contributed by atoms with van der Waals surface area (Å²) < 4.78 is 0. The third-order valence-corrected chi connectivity index (χ3v) is 1.72. The van der Waals surface area contributed by atoms with E-state index in [0.29, 0.717) is 5.70 Å². The largest absolute Gasteiger partial charge is 0.294 e. The minimum Gasteiger partial charge on any atom is -0.294 e. The first-order valence-corrected chi connectivity index (χ1v) is 3.40. The Kier molecular flexibility index (Phi) is 1.40. The second kappa shape index (κ2) is 2.31. The van der Waals surface area contributed by atoms with Crippen molar-refractivity contribution in [2.75, 3.05) is 6.54 Å². The molecule has 3 N–H and O–H groups in total. The summed E-state index contributed by atoms with van der Waals surface area (Å²) in [6.45, 7) is -0.0238. The standard InChI is InChI=1S/C6H8N4O2/c7-8-1-2-9-5(3-8)6(11)4-10(9)12/h1-3,12H,4,7H2. The van der Waals surface area contributed by atoms with Crippen LogP contribution in [-0.4, -0.2) is 32.7 Å². The number of nitrogens with two attached hydrogens (primary N) is 1. The number of hydrogen-bond donors (Lipinski definition) is 2. The summed E-state index contributed by atoms with van der Waals surface area (Å²) in [5.41, 5.74) is 0.377. The van der Waals surface area contributed by atoms with E-state index in [4.69, 9.17) is 11.0 Å². The number of nitrogens with zero attached hydrogens (tertiary/aromatic N) is 3. The molecule has 0 aliphatic carbocycles. The molecule has 0 unspecified atom stereocenters. The number of hydrogen-bond acceptors (Lipinski definition) is 6. The summed E-state index contributed by atoms with van der Waals surface area (Å²) in [6, 6.07) is 0. The maximum atomic E-state index is 11.1. The average molecular weight is 168 g/mol. The Morgan fingerprint density at radius 3 is 3.00 bits per heavy atom. The third-order valence-electron chi connectivity index (χ3n) is 1.72. The fraction of sp³-hybridized carbons (Fsp3) is 0.167. The van der Waals surface area contributed by atoms with E-state index in [1.54, 1.807) is 0 Å². The molecule has 0 saturated carbocycles. The fourth-order valence-corrected chi connectivity index (χ4v) is 1.15. The monoisotopic (exact) mass is 168 g/mol. The Hall–Kier alpha value is -1.37. The molecular formula is C6H8N4O2. The number of fused-ring (bicyclic) bond motifs is 1. The molecule has 0 aromatic carbocycles. The average Bonchev–Trinajstić information content (AvgIpc) is 2.28. The van der Waals surface area contributed by atoms with Crippen molar-refractivity contribution in [2.45, 2.75) is 0 Å². The molecule has 0 aromatic rings. The maximum Gasteiger partial charge on any atom is 0.200 e. The molecule has 1 saturated heterocycles. The number of hydroxylamine groups is 1. The summed E-state index contributed by atoms with van der Waals surface area (Å²) in [7, 11) is 0. The molecule has 0 spiro atoms. The molecular weight excluding hydrogens is 160 g/mol. The van der Waals surface area contributed by atoms with Gasteiger partial charge >= 0.3 is 0 Å². The van der Waals surface area contributed by atoms with Gasteiger partial charge in [-0.3, -0.25) is 20.0 Å². The van der Waals surface area contributed by atoms with Crippen molar-refractivity contribution < 1.29 is 10.0 Å². The van der Waals surface area contributed by atoms with E-state index >= 15 is 0 Å². The van der Waals surface area contributed by atoms with Gasteiger partial charge in [0.25, 0.3) is 0 Å². The number of carbonyl (C=O) groups excluding carboxylic acids is 1. The van der Waals surface area contributed by atoms with E-state index in [2.05, 4.69) is 0 Å². The first kappa shape index (κ1) is 7.29. The maximum absolute atomic E-state index is 11.1. The van der Waals surface area contributed by atoms with Crippen LogP contribution >= 0.6 is 0 Å². The second-order valence-electron chi connectivity index (χ2n) is 2.56. The molecule has 6 nitrogen and oxygen atoms in total. The minimum absolute atomic E-state index is 0.0238. The molecule has 6 heteroatoms. The van der Waals surface area contributed by atoms with Crippen LogP contribution in [0.4, 0.5) is 0 Å². The van der Waals surface area contributed by atoms with Gasteiger partial charge in [-0.1, -0.05) is 5.17 Å². The summed E-state index contributed by atoms with van der Waals surface area (Å²) in [5.74, 6) is 5.23. The zero-order chi connectivity index (χ0) is 8.72. The topological polar surface area (TPSA) is 73.0 Å².